The van der Waals surface area contributed by atoms with Gasteiger partial charge in [0.2, 0.25) is 5.91 Å². The fourth-order valence-electron chi connectivity index (χ4n) is 4.28. The van der Waals surface area contributed by atoms with Gasteiger partial charge in [0.05, 0.1) is 0 Å². The van der Waals surface area contributed by atoms with Crippen molar-refractivity contribution >= 4 is 29.4 Å². The van der Waals surface area contributed by atoms with Crippen LogP contribution in [-0.4, -0.2) is 58.4 Å². The second-order valence-corrected chi connectivity index (χ2v) is 8.35. The van der Waals surface area contributed by atoms with Crippen molar-refractivity contribution in [1.29, 1.82) is 0 Å². The molecule has 2 N–H and O–H groups in total. The second kappa shape index (κ2) is 9.80. The Hall–Kier alpha value is -3.11. The van der Waals surface area contributed by atoms with Gasteiger partial charge in [0.1, 0.15) is 5.54 Å². The Morgan fingerprint density at radius 3 is 2.52 bits per heavy atom. The van der Waals surface area contributed by atoms with Crippen molar-refractivity contribution in [3.05, 3.63) is 29.8 Å². The molecule has 2 fully saturated rings. The van der Waals surface area contributed by atoms with E-state index in [1.54, 1.807) is 18.2 Å². The van der Waals surface area contributed by atoms with Crippen molar-refractivity contribution in [2.45, 2.75) is 63.7 Å². The number of carbonyl (C=O) groups is 4. The number of imide groups is 1. The highest BCUT2D eigenvalue weighted by molar-refractivity contribution is 6.07. The smallest absolute Gasteiger partial charge is 0.331 e. The van der Waals surface area contributed by atoms with Crippen molar-refractivity contribution in [2.24, 2.45) is 0 Å². The second-order valence-electron chi connectivity index (χ2n) is 8.35. The van der Waals surface area contributed by atoms with Crippen LogP contribution < -0.4 is 10.6 Å². The number of anilines is 1. The van der Waals surface area contributed by atoms with Crippen LogP contribution in [0.15, 0.2) is 24.3 Å². The van der Waals surface area contributed by atoms with E-state index in [1.165, 1.54) is 13.0 Å². The third-order valence-corrected chi connectivity index (χ3v) is 6.01. The zero-order chi connectivity index (χ0) is 24.2. The highest BCUT2D eigenvalue weighted by Crippen LogP contribution is 2.33. The summed E-state index contributed by atoms with van der Waals surface area (Å²) in [5.41, 5.74) is -0.0892. The first-order valence-corrected chi connectivity index (χ1v) is 10.9. The van der Waals surface area contributed by atoms with Crippen LogP contribution in [0, 0.1) is 0 Å². The van der Waals surface area contributed by atoms with E-state index in [0.717, 1.165) is 24.2 Å². The van der Waals surface area contributed by atoms with Gasteiger partial charge >= 0.3 is 18.1 Å². The normalized spacial score (nSPS) is 17.8. The SMILES string of the molecule is CCN(Cc1cccc(NC(=O)CCN2C(=O)NC3(CCCCC3)C2=O)c1)C(=O)C(F)(F)F. The van der Waals surface area contributed by atoms with E-state index < -0.39 is 29.6 Å². The van der Waals surface area contributed by atoms with Crippen LogP contribution in [0.3, 0.4) is 0 Å². The van der Waals surface area contributed by atoms with Gasteiger partial charge in [-0.2, -0.15) is 13.2 Å². The number of halogens is 3. The molecule has 1 aliphatic carbocycles. The molecular formula is C22H27F3N4O4. The molecule has 8 nitrogen and oxygen atoms in total. The minimum absolute atomic E-state index is 0.0678. The number of nitrogens with one attached hydrogen (secondary N) is 2. The zero-order valence-electron chi connectivity index (χ0n) is 18.3. The average Bonchev–Trinajstić information content (AvgIpc) is 2.98. The van der Waals surface area contributed by atoms with Crippen molar-refractivity contribution in [1.82, 2.24) is 15.1 Å². The zero-order valence-corrected chi connectivity index (χ0v) is 18.3. The van der Waals surface area contributed by atoms with E-state index in [9.17, 15) is 32.3 Å². The van der Waals surface area contributed by atoms with Crippen LogP contribution in [-0.2, 0) is 20.9 Å². The minimum atomic E-state index is -4.96. The molecule has 0 atom stereocenters. The number of carbonyl (C=O) groups excluding carboxylic acids is 4. The maximum absolute atomic E-state index is 12.8. The van der Waals surface area contributed by atoms with Gasteiger partial charge in [-0.15, -0.1) is 0 Å². The van der Waals surface area contributed by atoms with Gasteiger partial charge in [-0.1, -0.05) is 31.4 Å². The number of amides is 5. The number of hydrogen-bond donors (Lipinski definition) is 2. The summed E-state index contributed by atoms with van der Waals surface area (Å²) < 4.78 is 38.2. The Kier molecular flexibility index (Phi) is 7.28. The molecule has 180 valence electrons. The fourth-order valence-corrected chi connectivity index (χ4v) is 4.28. The summed E-state index contributed by atoms with van der Waals surface area (Å²) in [6.07, 6.45) is -1.14. The van der Waals surface area contributed by atoms with Crippen LogP contribution in [0.5, 0.6) is 0 Å². The Labute approximate surface area is 189 Å². The molecule has 0 radical (unpaired) electrons. The molecule has 0 aromatic heterocycles. The first-order chi connectivity index (χ1) is 15.6. The number of nitrogens with zero attached hydrogens (tertiary/aromatic N) is 2. The molecule has 1 aromatic carbocycles. The van der Waals surface area contributed by atoms with Crippen LogP contribution in [0.4, 0.5) is 23.7 Å². The van der Waals surface area contributed by atoms with Crippen LogP contribution in [0.1, 0.15) is 51.0 Å². The summed E-state index contributed by atoms with van der Waals surface area (Å²) in [4.78, 5) is 50.7. The highest BCUT2D eigenvalue weighted by Gasteiger charge is 2.51. The molecule has 0 unspecified atom stereocenters. The third kappa shape index (κ3) is 5.63. The quantitative estimate of drug-likeness (QED) is 0.601. The van der Waals surface area contributed by atoms with E-state index in [2.05, 4.69) is 10.6 Å². The van der Waals surface area contributed by atoms with Gasteiger partial charge in [0.25, 0.3) is 5.91 Å². The monoisotopic (exact) mass is 468 g/mol. The Balaban J connectivity index is 1.56. The Morgan fingerprint density at radius 2 is 1.88 bits per heavy atom. The fraction of sp³-hybridized carbons (Fsp3) is 0.545. The van der Waals surface area contributed by atoms with Crippen LogP contribution >= 0.6 is 0 Å². The molecular weight excluding hydrogens is 441 g/mol. The molecule has 1 saturated carbocycles. The molecule has 11 heteroatoms. The molecule has 5 amide bonds. The van der Waals surface area contributed by atoms with Crippen molar-refractivity contribution in [3.63, 3.8) is 0 Å². The minimum Gasteiger partial charge on any atom is -0.331 e. The van der Waals surface area contributed by atoms with E-state index in [4.69, 9.17) is 0 Å². The summed E-state index contributed by atoms with van der Waals surface area (Å²) in [5.74, 6) is -2.67. The van der Waals surface area contributed by atoms with E-state index >= 15 is 0 Å². The van der Waals surface area contributed by atoms with Crippen LogP contribution in [0.25, 0.3) is 0 Å². The molecule has 1 saturated heterocycles. The Morgan fingerprint density at radius 1 is 1.18 bits per heavy atom. The predicted octanol–water partition coefficient (Wildman–Crippen LogP) is 3.18. The average molecular weight is 468 g/mol. The highest BCUT2D eigenvalue weighted by atomic mass is 19.4. The van der Waals surface area contributed by atoms with E-state index in [-0.39, 0.29) is 32.0 Å². The molecule has 1 aliphatic heterocycles. The Bertz CT molecular complexity index is 928. The summed E-state index contributed by atoms with van der Waals surface area (Å²) in [7, 11) is 0. The van der Waals surface area contributed by atoms with E-state index in [1.807, 2.05) is 0 Å². The van der Waals surface area contributed by atoms with Gasteiger partial charge in [0.15, 0.2) is 0 Å². The number of rotatable bonds is 7. The first kappa shape index (κ1) is 24.5. The summed E-state index contributed by atoms with van der Waals surface area (Å²) >= 11 is 0. The van der Waals surface area contributed by atoms with E-state index in [0.29, 0.717) is 29.0 Å². The van der Waals surface area contributed by atoms with Gasteiger partial charge in [-0.25, -0.2) is 4.79 Å². The van der Waals surface area contributed by atoms with Crippen molar-refractivity contribution in [3.8, 4) is 0 Å². The molecule has 3 rings (SSSR count). The number of hydrogen-bond acceptors (Lipinski definition) is 4. The molecule has 0 bridgehead atoms. The summed E-state index contributed by atoms with van der Waals surface area (Å²) in [6, 6.07) is 5.66. The topological polar surface area (TPSA) is 98.8 Å². The maximum Gasteiger partial charge on any atom is 0.471 e. The first-order valence-electron chi connectivity index (χ1n) is 10.9. The lowest BCUT2D eigenvalue weighted by Crippen LogP contribution is -2.48. The predicted molar refractivity (Wildman–Crippen MR) is 113 cm³/mol. The lowest BCUT2D eigenvalue weighted by molar-refractivity contribution is -0.185. The molecule has 1 heterocycles. The van der Waals surface area contributed by atoms with Gasteiger partial charge < -0.3 is 15.5 Å². The molecule has 2 aliphatic rings. The standard InChI is InChI=1S/C22H27F3N4O4/c1-2-28(19(32)22(23,24)25)14-15-7-6-8-16(13-15)26-17(30)9-12-29-18(31)21(27-20(29)33)10-4-3-5-11-21/h6-8,13H,2-5,9-12,14H2,1H3,(H,26,30)(H,27,33). The number of urea groups is 1. The maximum atomic E-state index is 12.8. The largest absolute Gasteiger partial charge is 0.471 e. The molecule has 1 spiro atoms. The lowest BCUT2D eigenvalue weighted by atomic mass is 9.82. The molecule has 1 aromatic rings. The lowest BCUT2D eigenvalue weighted by Gasteiger charge is -2.30. The van der Waals surface area contributed by atoms with Gasteiger partial charge in [-0.3, -0.25) is 19.3 Å². The molecule has 33 heavy (non-hydrogen) atoms. The van der Waals surface area contributed by atoms with Crippen molar-refractivity contribution in [2.75, 3.05) is 18.4 Å². The summed E-state index contributed by atoms with van der Waals surface area (Å²) in [5, 5.41) is 5.41. The van der Waals surface area contributed by atoms with Gasteiger partial charge in [0, 0.05) is 31.7 Å². The van der Waals surface area contributed by atoms with Crippen LogP contribution in [0.2, 0.25) is 0 Å². The van der Waals surface area contributed by atoms with Crippen molar-refractivity contribution < 1.29 is 32.3 Å². The van der Waals surface area contributed by atoms with Gasteiger partial charge in [-0.05, 0) is 37.5 Å². The number of benzene rings is 1. The number of alkyl halides is 3. The third-order valence-electron chi connectivity index (χ3n) is 6.01. The summed E-state index contributed by atoms with van der Waals surface area (Å²) in [6.45, 7) is 0.996.